The smallest absolute Gasteiger partial charge is 0.337 e. The molecule has 0 aliphatic carbocycles. The zero-order valence-corrected chi connectivity index (χ0v) is 13.0. The van der Waals surface area contributed by atoms with Crippen LogP contribution in [0.2, 0.25) is 0 Å². The molecule has 2 rings (SSSR count). The Morgan fingerprint density at radius 2 is 1.82 bits per heavy atom. The minimum absolute atomic E-state index is 0.314. The molecule has 2 aromatic rings. The molecule has 0 atom stereocenters. The van der Waals surface area contributed by atoms with Crippen LogP contribution < -0.4 is 10.6 Å². The van der Waals surface area contributed by atoms with Crippen LogP contribution in [0.3, 0.4) is 0 Å². The van der Waals surface area contributed by atoms with Crippen LogP contribution in [0.15, 0.2) is 42.5 Å². The molecule has 22 heavy (non-hydrogen) atoms. The summed E-state index contributed by atoms with van der Waals surface area (Å²) in [6.45, 7) is 1.89. The third-order valence-electron chi connectivity index (χ3n) is 3.01. The van der Waals surface area contributed by atoms with E-state index in [-0.39, 0.29) is 5.82 Å². The third-order valence-corrected chi connectivity index (χ3v) is 3.21. The molecule has 2 aromatic carbocycles. The van der Waals surface area contributed by atoms with Crippen LogP contribution in [-0.4, -0.2) is 18.2 Å². The number of carbonyl (C=O) groups is 1. The second-order valence-electron chi connectivity index (χ2n) is 4.61. The first-order valence-corrected chi connectivity index (χ1v) is 6.93. The molecule has 0 amide bonds. The number of benzene rings is 2. The maximum Gasteiger partial charge on any atom is 0.337 e. The predicted molar refractivity (Wildman–Crippen MR) is 88.8 cm³/mol. The van der Waals surface area contributed by atoms with Crippen molar-refractivity contribution < 1.29 is 13.9 Å². The summed E-state index contributed by atoms with van der Waals surface area (Å²) in [7, 11) is 1.33. The van der Waals surface area contributed by atoms with Gasteiger partial charge in [0.25, 0.3) is 0 Å². The van der Waals surface area contributed by atoms with Crippen LogP contribution in [0.4, 0.5) is 15.8 Å². The second-order valence-corrected chi connectivity index (χ2v) is 5.02. The van der Waals surface area contributed by atoms with Crippen LogP contribution in [0.1, 0.15) is 15.9 Å². The molecular weight excluding hydrogens is 303 g/mol. The lowest BCUT2D eigenvalue weighted by Gasteiger charge is -2.13. The van der Waals surface area contributed by atoms with Crippen LogP contribution in [0.5, 0.6) is 0 Å². The number of carbonyl (C=O) groups excluding carboxylic acids is 1. The fourth-order valence-electron chi connectivity index (χ4n) is 1.82. The lowest BCUT2D eigenvalue weighted by Crippen LogP contribution is -2.20. The summed E-state index contributed by atoms with van der Waals surface area (Å²) in [5, 5.41) is 6.30. The van der Waals surface area contributed by atoms with E-state index >= 15 is 0 Å². The average molecular weight is 318 g/mol. The summed E-state index contributed by atoms with van der Waals surface area (Å²) in [6.07, 6.45) is 0. The van der Waals surface area contributed by atoms with Crippen molar-refractivity contribution in [3.8, 4) is 0 Å². The van der Waals surface area contributed by atoms with Crippen molar-refractivity contribution in [1.82, 2.24) is 0 Å². The first kappa shape index (κ1) is 15.9. The van der Waals surface area contributed by atoms with Crippen molar-refractivity contribution in [2.45, 2.75) is 6.92 Å². The zero-order valence-electron chi connectivity index (χ0n) is 12.1. The molecule has 0 unspecified atom stereocenters. The van der Waals surface area contributed by atoms with Crippen molar-refractivity contribution in [1.29, 1.82) is 0 Å². The Labute approximate surface area is 133 Å². The summed E-state index contributed by atoms with van der Waals surface area (Å²) >= 11 is 5.22. The molecule has 2 N–H and O–H groups in total. The third kappa shape index (κ3) is 4.02. The van der Waals surface area contributed by atoms with E-state index in [1.54, 1.807) is 30.3 Å². The van der Waals surface area contributed by atoms with Crippen LogP contribution >= 0.6 is 12.2 Å². The van der Waals surface area contributed by atoms with Gasteiger partial charge in [-0.2, -0.15) is 0 Å². The SMILES string of the molecule is COC(=O)c1ccc(C)c(NC(=S)Nc2ccc(F)cc2)c1. The van der Waals surface area contributed by atoms with Gasteiger partial charge in [-0.15, -0.1) is 0 Å². The van der Waals surface area contributed by atoms with Gasteiger partial charge in [0, 0.05) is 11.4 Å². The van der Waals surface area contributed by atoms with E-state index in [1.165, 1.54) is 19.2 Å². The van der Waals surface area contributed by atoms with Gasteiger partial charge in [0.05, 0.1) is 12.7 Å². The van der Waals surface area contributed by atoms with Gasteiger partial charge in [-0.05, 0) is 61.1 Å². The number of halogens is 1. The van der Waals surface area contributed by atoms with Gasteiger partial charge in [-0.25, -0.2) is 9.18 Å². The van der Waals surface area contributed by atoms with E-state index in [9.17, 15) is 9.18 Å². The van der Waals surface area contributed by atoms with E-state index in [1.807, 2.05) is 6.92 Å². The summed E-state index contributed by atoms with van der Waals surface area (Å²) in [6, 6.07) is 11.0. The fraction of sp³-hybridized carbons (Fsp3) is 0.125. The Hall–Kier alpha value is -2.47. The van der Waals surface area contributed by atoms with Crippen molar-refractivity contribution in [3.63, 3.8) is 0 Å². The topological polar surface area (TPSA) is 50.4 Å². The molecule has 0 aliphatic heterocycles. The highest BCUT2D eigenvalue weighted by atomic mass is 32.1. The van der Waals surface area contributed by atoms with Gasteiger partial charge in [0.2, 0.25) is 0 Å². The highest BCUT2D eigenvalue weighted by molar-refractivity contribution is 7.80. The van der Waals surface area contributed by atoms with Crippen LogP contribution in [0, 0.1) is 12.7 Å². The van der Waals surface area contributed by atoms with Crippen LogP contribution in [-0.2, 0) is 4.74 Å². The Kier molecular flexibility index (Phi) is 5.06. The molecule has 0 spiro atoms. The molecule has 0 saturated carbocycles. The standard InChI is InChI=1S/C16H15FN2O2S/c1-10-3-4-11(15(20)21-2)9-14(10)19-16(22)18-13-7-5-12(17)6-8-13/h3-9H,1-2H3,(H2,18,19,22). The number of rotatable bonds is 3. The monoisotopic (exact) mass is 318 g/mol. The number of thiocarbonyl (C=S) groups is 1. The molecule has 0 saturated heterocycles. The van der Waals surface area contributed by atoms with Gasteiger partial charge in [-0.1, -0.05) is 6.07 Å². The van der Waals surface area contributed by atoms with Crippen molar-refractivity contribution in [2.75, 3.05) is 17.7 Å². The van der Waals surface area contributed by atoms with Gasteiger partial charge in [0.15, 0.2) is 5.11 Å². The molecule has 0 aromatic heterocycles. The molecule has 0 fully saturated rings. The minimum Gasteiger partial charge on any atom is -0.465 e. The van der Waals surface area contributed by atoms with E-state index in [4.69, 9.17) is 17.0 Å². The number of methoxy groups -OCH3 is 1. The lowest BCUT2D eigenvalue weighted by atomic mass is 10.1. The molecule has 114 valence electrons. The van der Waals surface area contributed by atoms with Crippen molar-refractivity contribution in [3.05, 3.63) is 59.4 Å². The van der Waals surface area contributed by atoms with Crippen molar-refractivity contribution in [2.24, 2.45) is 0 Å². The second kappa shape index (κ2) is 7.00. The summed E-state index contributed by atoms with van der Waals surface area (Å²) < 4.78 is 17.5. The number of nitrogens with one attached hydrogen (secondary N) is 2. The number of aryl methyl sites for hydroxylation is 1. The molecule has 6 heteroatoms. The zero-order chi connectivity index (χ0) is 16.1. The molecular formula is C16H15FN2O2S. The number of ether oxygens (including phenoxy) is 1. The quantitative estimate of drug-likeness (QED) is 0.667. The highest BCUT2D eigenvalue weighted by Gasteiger charge is 2.09. The van der Waals surface area contributed by atoms with E-state index in [2.05, 4.69) is 10.6 Å². The Bertz CT molecular complexity index is 702. The van der Waals surface area contributed by atoms with E-state index in [0.29, 0.717) is 22.1 Å². The maximum absolute atomic E-state index is 12.9. The summed E-state index contributed by atoms with van der Waals surface area (Å²) in [5.41, 5.74) is 2.72. The van der Waals surface area contributed by atoms with Gasteiger partial charge < -0.3 is 15.4 Å². The minimum atomic E-state index is -0.416. The molecule has 0 aliphatic rings. The van der Waals surface area contributed by atoms with Gasteiger partial charge in [0.1, 0.15) is 5.82 Å². The largest absolute Gasteiger partial charge is 0.465 e. The van der Waals surface area contributed by atoms with Gasteiger partial charge >= 0.3 is 5.97 Å². The Morgan fingerprint density at radius 3 is 2.45 bits per heavy atom. The first-order valence-electron chi connectivity index (χ1n) is 6.52. The number of anilines is 2. The Balaban J connectivity index is 2.10. The molecule has 0 bridgehead atoms. The first-order chi connectivity index (χ1) is 10.5. The van der Waals surface area contributed by atoms with Crippen LogP contribution in [0.25, 0.3) is 0 Å². The Morgan fingerprint density at radius 1 is 1.14 bits per heavy atom. The maximum atomic E-state index is 12.9. The molecule has 0 heterocycles. The fourth-order valence-corrected chi connectivity index (χ4v) is 2.05. The highest BCUT2D eigenvalue weighted by Crippen LogP contribution is 2.18. The van der Waals surface area contributed by atoms with Crippen molar-refractivity contribution >= 4 is 34.7 Å². The van der Waals surface area contributed by atoms with Gasteiger partial charge in [-0.3, -0.25) is 0 Å². The average Bonchev–Trinajstić information content (AvgIpc) is 2.51. The summed E-state index contributed by atoms with van der Waals surface area (Å²) in [5.74, 6) is -0.730. The number of hydrogen-bond donors (Lipinski definition) is 2. The summed E-state index contributed by atoms with van der Waals surface area (Å²) in [4.78, 5) is 11.6. The molecule has 4 nitrogen and oxygen atoms in total. The van der Waals surface area contributed by atoms with E-state index in [0.717, 1.165) is 5.56 Å². The predicted octanol–water partition coefficient (Wildman–Crippen LogP) is 3.73. The molecule has 0 radical (unpaired) electrons. The number of hydrogen-bond acceptors (Lipinski definition) is 3. The number of esters is 1. The van der Waals surface area contributed by atoms with E-state index < -0.39 is 5.97 Å². The normalized spacial score (nSPS) is 9.95. The lowest BCUT2D eigenvalue weighted by molar-refractivity contribution is 0.0601.